The fraction of sp³-hybridized carbons (Fsp3) is 0.318. The molecule has 1 amide bonds. The number of amides is 1. The Morgan fingerprint density at radius 2 is 1.93 bits per heavy atom. The minimum Gasteiger partial charge on any atom is -0.481 e. The molecule has 0 aliphatic carbocycles. The van der Waals surface area contributed by atoms with E-state index in [0.29, 0.717) is 12.0 Å². The van der Waals surface area contributed by atoms with Gasteiger partial charge in [-0.1, -0.05) is 43.0 Å². The summed E-state index contributed by atoms with van der Waals surface area (Å²) in [4.78, 5) is 23.1. The van der Waals surface area contributed by atoms with Crippen molar-refractivity contribution in [1.29, 1.82) is 0 Å². The highest BCUT2D eigenvalue weighted by molar-refractivity contribution is 8.15. The zero-order valence-electron chi connectivity index (χ0n) is 16.9. The second-order valence-corrected chi connectivity index (χ2v) is 8.39. The Labute approximate surface area is 177 Å². The van der Waals surface area contributed by atoms with Crippen LogP contribution >= 0.6 is 11.8 Å². The van der Waals surface area contributed by atoms with E-state index in [0.717, 1.165) is 35.5 Å². The molecule has 0 spiro atoms. The summed E-state index contributed by atoms with van der Waals surface area (Å²) in [6.45, 7) is 5.03. The van der Waals surface area contributed by atoms with Gasteiger partial charge in [-0.2, -0.15) is 5.10 Å². The molecule has 2 unspecified atom stereocenters. The Balaban J connectivity index is 2.26. The fourth-order valence-electron chi connectivity index (χ4n) is 3.84. The quantitative estimate of drug-likeness (QED) is 0.706. The number of carboxylic acids is 1. The summed E-state index contributed by atoms with van der Waals surface area (Å²) < 4.78 is 28.4. The number of hydrogen-bond donors (Lipinski definition) is 1. The highest BCUT2D eigenvalue weighted by Gasteiger charge is 2.53. The lowest BCUT2D eigenvalue weighted by Crippen LogP contribution is -2.47. The van der Waals surface area contributed by atoms with Gasteiger partial charge in [0, 0.05) is 18.4 Å². The zero-order chi connectivity index (χ0) is 22.1. The van der Waals surface area contributed by atoms with Crippen LogP contribution < -0.4 is 0 Å². The lowest BCUT2D eigenvalue weighted by Gasteiger charge is -2.41. The third kappa shape index (κ3) is 3.84. The fourth-order valence-corrected chi connectivity index (χ4v) is 5.54. The number of aliphatic carboxylic acids is 1. The number of carbonyl (C=O) groups excluding carboxylic acids is 1. The van der Waals surface area contributed by atoms with Gasteiger partial charge in [0.15, 0.2) is 0 Å². The number of benzene rings is 2. The Morgan fingerprint density at radius 1 is 1.23 bits per heavy atom. The Bertz CT molecular complexity index is 1030. The number of rotatable bonds is 6. The molecule has 1 aliphatic rings. The van der Waals surface area contributed by atoms with Gasteiger partial charge in [0.05, 0.1) is 6.42 Å². The molecule has 2 aromatic carbocycles. The van der Waals surface area contributed by atoms with Crippen LogP contribution in [0.4, 0.5) is 8.78 Å². The summed E-state index contributed by atoms with van der Waals surface area (Å²) in [6.07, 6.45) is 0.224. The first-order valence-corrected chi connectivity index (χ1v) is 10.3. The monoisotopic (exact) mass is 432 g/mol. The number of nitrogens with zero attached hydrogens (tertiary/aromatic N) is 2. The van der Waals surface area contributed by atoms with Gasteiger partial charge in [0.1, 0.15) is 21.5 Å². The van der Waals surface area contributed by atoms with E-state index >= 15 is 0 Å². The van der Waals surface area contributed by atoms with E-state index in [1.807, 2.05) is 32.0 Å². The van der Waals surface area contributed by atoms with Gasteiger partial charge in [0.25, 0.3) is 0 Å². The molecule has 0 radical (unpaired) electrons. The van der Waals surface area contributed by atoms with Gasteiger partial charge in [-0.15, -0.1) is 0 Å². The molecular weight excluding hydrogens is 410 g/mol. The van der Waals surface area contributed by atoms with Gasteiger partial charge in [-0.25, -0.2) is 13.8 Å². The van der Waals surface area contributed by atoms with Crippen LogP contribution in [0.25, 0.3) is 0 Å². The normalized spacial score (nSPS) is 19.5. The summed E-state index contributed by atoms with van der Waals surface area (Å²) in [6, 6.07) is 10.4. The molecule has 1 heterocycles. The Kier molecular flexibility index (Phi) is 6.26. The first kappa shape index (κ1) is 22.0. The lowest BCUT2D eigenvalue weighted by atomic mass is 9.85. The number of hydrogen-bond acceptors (Lipinski definition) is 4. The van der Waals surface area contributed by atoms with Crippen molar-refractivity contribution in [2.45, 2.75) is 38.5 Å². The summed E-state index contributed by atoms with van der Waals surface area (Å²) in [5.41, 5.74) is 1.50. The SMILES string of the molecule is CCC(CC(=O)O)C1(c2ccccc2C)SC(c2cc(F)ccc2F)=NN1C(C)=O. The van der Waals surface area contributed by atoms with E-state index in [9.17, 15) is 23.5 Å². The van der Waals surface area contributed by atoms with Crippen molar-refractivity contribution in [1.82, 2.24) is 5.01 Å². The van der Waals surface area contributed by atoms with Crippen LogP contribution in [0, 0.1) is 24.5 Å². The molecular formula is C22H22F2N2O3S. The molecule has 2 aromatic rings. The lowest BCUT2D eigenvalue weighted by molar-refractivity contribution is -0.142. The average Bonchev–Trinajstić information content (AvgIpc) is 3.09. The van der Waals surface area contributed by atoms with E-state index in [2.05, 4.69) is 5.10 Å². The van der Waals surface area contributed by atoms with Crippen LogP contribution in [0.5, 0.6) is 0 Å². The molecule has 0 saturated heterocycles. The molecule has 0 saturated carbocycles. The summed E-state index contributed by atoms with van der Waals surface area (Å²) in [7, 11) is 0. The molecule has 30 heavy (non-hydrogen) atoms. The summed E-state index contributed by atoms with van der Waals surface area (Å²) in [5, 5.41) is 15.3. The van der Waals surface area contributed by atoms with Crippen molar-refractivity contribution >= 4 is 28.7 Å². The van der Waals surface area contributed by atoms with E-state index in [-0.39, 0.29) is 17.0 Å². The highest BCUT2D eigenvalue weighted by atomic mass is 32.2. The minimum atomic E-state index is -1.20. The third-order valence-electron chi connectivity index (χ3n) is 5.21. The second-order valence-electron chi connectivity index (χ2n) is 7.18. The maximum absolute atomic E-state index is 14.5. The molecule has 0 bridgehead atoms. The largest absolute Gasteiger partial charge is 0.481 e. The van der Waals surface area contributed by atoms with E-state index in [4.69, 9.17) is 0 Å². The van der Waals surface area contributed by atoms with E-state index in [1.165, 1.54) is 11.9 Å². The molecule has 1 aliphatic heterocycles. The maximum Gasteiger partial charge on any atom is 0.303 e. The molecule has 8 heteroatoms. The summed E-state index contributed by atoms with van der Waals surface area (Å²) >= 11 is 1.10. The molecule has 158 valence electrons. The van der Waals surface area contributed by atoms with Crippen molar-refractivity contribution in [3.05, 3.63) is 70.8 Å². The number of carboxylic acid groups (broad SMARTS) is 1. The number of hydrazone groups is 1. The number of halogens is 2. The topological polar surface area (TPSA) is 70.0 Å². The van der Waals surface area contributed by atoms with E-state index in [1.54, 1.807) is 6.07 Å². The predicted molar refractivity (Wildman–Crippen MR) is 112 cm³/mol. The van der Waals surface area contributed by atoms with Gasteiger partial charge < -0.3 is 5.11 Å². The number of aryl methyl sites for hydroxylation is 1. The highest BCUT2D eigenvalue weighted by Crippen LogP contribution is 2.55. The minimum absolute atomic E-state index is 0.0631. The van der Waals surface area contributed by atoms with Crippen molar-refractivity contribution in [2.24, 2.45) is 11.0 Å². The number of thioether (sulfide) groups is 1. The maximum atomic E-state index is 14.5. The van der Waals surface area contributed by atoms with Crippen LogP contribution in [0.2, 0.25) is 0 Å². The van der Waals surface area contributed by atoms with Crippen LogP contribution in [0.1, 0.15) is 43.4 Å². The number of carbonyl (C=O) groups is 2. The van der Waals surface area contributed by atoms with Gasteiger partial charge in [-0.05, 0) is 42.7 Å². The molecule has 0 aromatic heterocycles. The van der Waals surface area contributed by atoms with Crippen LogP contribution in [-0.2, 0) is 14.5 Å². The molecule has 0 fully saturated rings. The van der Waals surface area contributed by atoms with Crippen molar-refractivity contribution in [3.8, 4) is 0 Å². The third-order valence-corrected chi connectivity index (χ3v) is 6.75. The second kappa shape index (κ2) is 8.55. The van der Waals surface area contributed by atoms with E-state index < -0.39 is 34.3 Å². The molecule has 2 atom stereocenters. The van der Waals surface area contributed by atoms with Gasteiger partial charge in [0.2, 0.25) is 5.91 Å². The molecule has 5 nitrogen and oxygen atoms in total. The Morgan fingerprint density at radius 3 is 2.53 bits per heavy atom. The standard InChI is InChI=1S/C22H22F2N2O3S/c1-4-15(11-20(28)29)22(18-8-6-5-7-13(18)2)26(14(3)27)25-21(30-22)17-12-16(23)9-10-19(17)24/h5-10,12,15H,4,11H2,1-3H3,(H,28,29). The van der Waals surface area contributed by atoms with Crippen LogP contribution in [0.15, 0.2) is 47.6 Å². The summed E-state index contributed by atoms with van der Waals surface area (Å²) in [5.74, 6) is -3.25. The van der Waals surface area contributed by atoms with Gasteiger partial charge in [-0.3, -0.25) is 9.59 Å². The smallest absolute Gasteiger partial charge is 0.303 e. The van der Waals surface area contributed by atoms with Gasteiger partial charge >= 0.3 is 5.97 Å². The molecule has 3 rings (SSSR count). The first-order valence-electron chi connectivity index (χ1n) is 9.52. The first-order chi connectivity index (χ1) is 14.2. The average molecular weight is 432 g/mol. The predicted octanol–water partition coefficient (Wildman–Crippen LogP) is 4.88. The van der Waals surface area contributed by atoms with Crippen molar-refractivity contribution in [3.63, 3.8) is 0 Å². The van der Waals surface area contributed by atoms with Crippen LogP contribution in [0.3, 0.4) is 0 Å². The van der Waals surface area contributed by atoms with Crippen LogP contribution in [-0.4, -0.2) is 27.0 Å². The van der Waals surface area contributed by atoms with Crippen molar-refractivity contribution in [2.75, 3.05) is 0 Å². The van der Waals surface area contributed by atoms with Crippen molar-refractivity contribution < 1.29 is 23.5 Å². The Hall–Kier alpha value is -2.74. The molecule has 1 N–H and O–H groups in total. The zero-order valence-corrected chi connectivity index (χ0v) is 17.7.